The molecule has 1 atom stereocenters. The summed E-state index contributed by atoms with van der Waals surface area (Å²) in [4.78, 5) is 30.8. The lowest BCUT2D eigenvalue weighted by Gasteiger charge is -2.15. The third-order valence-corrected chi connectivity index (χ3v) is 4.31. The fourth-order valence-corrected chi connectivity index (χ4v) is 2.96. The van der Waals surface area contributed by atoms with E-state index >= 15 is 0 Å². The van der Waals surface area contributed by atoms with Crippen molar-refractivity contribution >= 4 is 29.1 Å². The highest BCUT2D eigenvalue weighted by Gasteiger charge is 2.29. The number of benzene rings is 2. The Bertz CT molecular complexity index is 931. The van der Waals surface area contributed by atoms with Crippen LogP contribution in [0.5, 0.6) is 0 Å². The average Bonchev–Trinajstić information content (AvgIpc) is 3.31. The van der Waals surface area contributed by atoms with Crippen molar-refractivity contribution in [2.24, 2.45) is 5.16 Å². The van der Waals surface area contributed by atoms with Gasteiger partial charge in [-0.05, 0) is 30.3 Å². The Hall–Kier alpha value is -3.42. The van der Waals surface area contributed by atoms with Crippen LogP contribution in [0.15, 0.2) is 53.7 Å². The van der Waals surface area contributed by atoms with Gasteiger partial charge in [0.05, 0.1) is 12.3 Å². The molecule has 0 radical (unpaired) electrons. The molecule has 2 aliphatic heterocycles. The van der Waals surface area contributed by atoms with Crippen molar-refractivity contribution in [2.45, 2.75) is 12.5 Å². The SMILES string of the molecule is O=C(Nc1cccc(N2CCOC2=O)c1)C1CC(c2cccc(F)c2)=NO1. The number of oxime groups is 1. The summed E-state index contributed by atoms with van der Waals surface area (Å²) in [6, 6.07) is 12.9. The van der Waals surface area contributed by atoms with E-state index in [0.717, 1.165) is 0 Å². The minimum Gasteiger partial charge on any atom is -0.447 e. The molecule has 2 aromatic rings. The van der Waals surface area contributed by atoms with E-state index in [4.69, 9.17) is 9.57 Å². The molecule has 4 rings (SSSR count). The molecule has 2 heterocycles. The van der Waals surface area contributed by atoms with Crippen molar-refractivity contribution in [3.05, 3.63) is 59.9 Å². The summed E-state index contributed by atoms with van der Waals surface area (Å²) in [5, 5.41) is 6.66. The van der Waals surface area contributed by atoms with Crippen molar-refractivity contribution < 1.29 is 23.6 Å². The van der Waals surface area contributed by atoms with Gasteiger partial charge in [-0.1, -0.05) is 23.4 Å². The number of anilines is 2. The second-order valence-electron chi connectivity index (χ2n) is 6.15. The number of nitrogens with zero attached hydrogens (tertiary/aromatic N) is 2. The number of nitrogens with one attached hydrogen (secondary N) is 1. The van der Waals surface area contributed by atoms with Gasteiger partial charge in [0.2, 0.25) is 6.10 Å². The van der Waals surface area contributed by atoms with E-state index < -0.39 is 12.2 Å². The van der Waals surface area contributed by atoms with Gasteiger partial charge in [0, 0.05) is 23.4 Å². The van der Waals surface area contributed by atoms with Crippen LogP contribution < -0.4 is 10.2 Å². The lowest BCUT2D eigenvalue weighted by atomic mass is 10.0. The zero-order valence-electron chi connectivity index (χ0n) is 14.2. The summed E-state index contributed by atoms with van der Waals surface area (Å²) in [5.74, 6) is -0.744. The summed E-state index contributed by atoms with van der Waals surface area (Å²) in [7, 11) is 0. The molecule has 0 spiro atoms. The van der Waals surface area contributed by atoms with Gasteiger partial charge < -0.3 is 14.9 Å². The molecule has 138 valence electrons. The van der Waals surface area contributed by atoms with Gasteiger partial charge in [-0.2, -0.15) is 0 Å². The lowest BCUT2D eigenvalue weighted by Crippen LogP contribution is -2.28. The number of amides is 2. The predicted molar refractivity (Wildman–Crippen MR) is 96.2 cm³/mol. The van der Waals surface area contributed by atoms with E-state index in [1.165, 1.54) is 17.0 Å². The van der Waals surface area contributed by atoms with Gasteiger partial charge in [0.1, 0.15) is 12.4 Å². The zero-order valence-corrected chi connectivity index (χ0v) is 14.2. The highest BCUT2D eigenvalue weighted by atomic mass is 19.1. The molecule has 27 heavy (non-hydrogen) atoms. The number of carbonyl (C=O) groups is 2. The first-order chi connectivity index (χ1) is 13.1. The molecule has 0 saturated carbocycles. The topological polar surface area (TPSA) is 80.2 Å². The fourth-order valence-electron chi connectivity index (χ4n) is 2.96. The van der Waals surface area contributed by atoms with Crippen molar-refractivity contribution in [2.75, 3.05) is 23.4 Å². The summed E-state index contributed by atoms with van der Waals surface area (Å²) in [6.45, 7) is 0.804. The van der Waals surface area contributed by atoms with Gasteiger partial charge in [-0.3, -0.25) is 9.69 Å². The maximum absolute atomic E-state index is 13.3. The quantitative estimate of drug-likeness (QED) is 0.899. The van der Waals surface area contributed by atoms with Crippen LogP contribution in [0.1, 0.15) is 12.0 Å². The molecule has 2 aliphatic rings. The van der Waals surface area contributed by atoms with Crippen LogP contribution >= 0.6 is 0 Å². The van der Waals surface area contributed by atoms with E-state index in [0.29, 0.717) is 35.8 Å². The molecule has 1 unspecified atom stereocenters. The maximum Gasteiger partial charge on any atom is 0.414 e. The van der Waals surface area contributed by atoms with Crippen LogP contribution in [0.4, 0.5) is 20.6 Å². The summed E-state index contributed by atoms with van der Waals surface area (Å²) >= 11 is 0. The van der Waals surface area contributed by atoms with E-state index in [9.17, 15) is 14.0 Å². The predicted octanol–water partition coefficient (Wildman–Crippen LogP) is 2.91. The minimum atomic E-state index is -0.802. The summed E-state index contributed by atoms with van der Waals surface area (Å²) in [5.41, 5.74) is 2.27. The van der Waals surface area contributed by atoms with Gasteiger partial charge in [-0.15, -0.1) is 0 Å². The number of cyclic esters (lactones) is 1. The standard InChI is InChI=1S/C19H16FN3O4/c20-13-4-1-3-12(9-13)16-11-17(27-22-16)18(24)21-14-5-2-6-15(10-14)23-7-8-26-19(23)25/h1-6,9-10,17H,7-8,11H2,(H,21,24). The second kappa shape index (κ2) is 7.06. The number of hydrogen-bond donors (Lipinski definition) is 1. The van der Waals surface area contributed by atoms with Crippen LogP contribution in [-0.2, 0) is 14.4 Å². The number of carbonyl (C=O) groups excluding carboxylic acids is 2. The number of rotatable bonds is 4. The maximum atomic E-state index is 13.3. The van der Waals surface area contributed by atoms with Crippen LogP contribution in [0, 0.1) is 5.82 Å². The molecule has 1 fully saturated rings. The van der Waals surface area contributed by atoms with Crippen molar-refractivity contribution in [1.82, 2.24) is 0 Å². The highest BCUT2D eigenvalue weighted by molar-refractivity contribution is 6.06. The van der Waals surface area contributed by atoms with Crippen LogP contribution in [0.2, 0.25) is 0 Å². The smallest absolute Gasteiger partial charge is 0.414 e. The Balaban J connectivity index is 1.41. The van der Waals surface area contributed by atoms with E-state index in [1.54, 1.807) is 36.4 Å². The minimum absolute atomic E-state index is 0.243. The molecule has 1 saturated heterocycles. The monoisotopic (exact) mass is 369 g/mol. The van der Waals surface area contributed by atoms with E-state index in [2.05, 4.69) is 10.5 Å². The van der Waals surface area contributed by atoms with Crippen LogP contribution in [0.25, 0.3) is 0 Å². The molecule has 1 N–H and O–H groups in total. The van der Waals surface area contributed by atoms with Gasteiger partial charge in [0.15, 0.2) is 0 Å². The van der Waals surface area contributed by atoms with Gasteiger partial charge in [0.25, 0.3) is 5.91 Å². The first-order valence-corrected chi connectivity index (χ1v) is 8.44. The first-order valence-electron chi connectivity index (χ1n) is 8.44. The Morgan fingerprint density at radius 1 is 1.22 bits per heavy atom. The summed E-state index contributed by atoms with van der Waals surface area (Å²) in [6.07, 6.45) is -0.970. The fraction of sp³-hybridized carbons (Fsp3) is 0.211. The Kier molecular flexibility index (Phi) is 4.45. The van der Waals surface area contributed by atoms with Crippen molar-refractivity contribution in [3.8, 4) is 0 Å². The molecule has 2 amide bonds. The lowest BCUT2D eigenvalue weighted by molar-refractivity contribution is -0.125. The second-order valence-corrected chi connectivity index (χ2v) is 6.15. The normalized spacial score (nSPS) is 18.7. The molecule has 0 bridgehead atoms. The van der Waals surface area contributed by atoms with Crippen molar-refractivity contribution in [1.29, 1.82) is 0 Å². The zero-order chi connectivity index (χ0) is 18.8. The molecule has 7 nitrogen and oxygen atoms in total. The summed E-state index contributed by atoms with van der Waals surface area (Å²) < 4.78 is 18.3. The average molecular weight is 369 g/mol. The first kappa shape index (κ1) is 17.0. The molecular formula is C19H16FN3O4. The Morgan fingerprint density at radius 2 is 2.07 bits per heavy atom. The molecule has 0 aromatic heterocycles. The Labute approximate surface area is 154 Å². The van der Waals surface area contributed by atoms with E-state index in [-0.39, 0.29) is 18.1 Å². The molecular weight excluding hydrogens is 353 g/mol. The molecule has 0 aliphatic carbocycles. The Morgan fingerprint density at radius 3 is 2.85 bits per heavy atom. The van der Waals surface area contributed by atoms with Gasteiger partial charge >= 0.3 is 6.09 Å². The van der Waals surface area contributed by atoms with Crippen molar-refractivity contribution in [3.63, 3.8) is 0 Å². The van der Waals surface area contributed by atoms with Gasteiger partial charge in [-0.25, -0.2) is 9.18 Å². The van der Waals surface area contributed by atoms with Crippen LogP contribution in [0.3, 0.4) is 0 Å². The van der Waals surface area contributed by atoms with Crippen LogP contribution in [-0.4, -0.2) is 37.0 Å². The number of hydrogen-bond acceptors (Lipinski definition) is 5. The molecule has 2 aromatic carbocycles. The third kappa shape index (κ3) is 3.59. The number of ether oxygens (including phenoxy) is 1. The largest absolute Gasteiger partial charge is 0.447 e. The highest BCUT2D eigenvalue weighted by Crippen LogP contribution is 2.24. The van der Waals surface area contributed by atoms with E-state index in [1.807, 2.05) is 0 Å². The molecule has 8 heteroatoms. The number of halogens is 1. The third-order valence-electron chi connectivity index (χ3n) is 4.31.